The van der Waals surface area contributed by atoms with Crippen LogP contribution in [0.5, 0.6) is 0 Å². The maximum Gasteiger partial charge on any atom is 0.0541 e. The predicted molar refractivity (Wildman–Crippen MR) is 34.2 cm³/mol. The first-order valence-electron chi connectivity index (χ1n) is 3.18. The standard InChI is InChI=1S/C7H9N/c1-2-6-4-5-7(3-1)8-6/h1-2,7H,3-5H2. The van der Waals surface area contributed by atoms with Gasteiger partial charge in [-0.25, -0.2) is 0 Å². The van der Waals surface area contributed by atoms with Gasteiger partial charge in [0, 0.05) is 5.71 Å². The van der Waals surface area contributed by atoms with Gasteiger partial charge in [-0.3, -0.25) is 4.99 Å². The molecule has 8 heavy (non-hydrogen) atoms. The molecule has 1 heteroatoms. The minimum absolute atomic E-state index is 0.662. The molecule has 0 aliphatic carbocycles. The summed E-state index contributed by atoms with van der Waals surface area (Å²) in [5, 5.41) is 0. The molecule has 0 saturated carbocycles. The SMILES string of the molecule is C1=CC2=NC(C1)CC2. The van der Waals surface area contributed by atoms with Gasteiger partial charge in [0.1, 0.15) is 0 Å². The molecule has 0 saturated heterocycles. The third-order valence-corrected chi connectivity index (χ3v) is 1.80. The van der Waals surface area contributed by atoms with Crippen LogP contribution >= 0.6 is 0 Å². The van der Waals surface area contributed by atoms with Gasteiger partial charge in [0.2, 0.25) is 0 Å². The molecule has 0 N–H and O–H groups in total. The molecule has 0 aromatic carbocycles. The molecular formula is C7H9N. The summed E-state index contributed by atoms with van der Waals surface area (Å²) in [6.45, 7) is 0. The lowest BCUT2D eigenvalue weighted by Gasteiger charge is -2.01. The average molecular weight is 107 g/mol. The van der Waals surface area contributed by atoms with E-state index in [4.69, 9.17) is 0 Å². The van der Waals surface area contributed by atoms with Gasteiger partial charge in [-0.1, -0.05) is 6.08 Å². The summed E-state index contributed by atoms with van der Waals surface area (Å²) in [7, 11) is 0. The summed E-state index contributed by atoms with van der Waals surface area (Å²) in [5.74, 6) is 0. The van der Waals surface area contributed by atoms with Crippen LogP contribution in [0.2, 0.25) is 0 Å². The molecule has 0 amide bonds. The molecule has 2 rings (SSSR count). The van der Waals surface area contributed by atoms with Crippen LogP contribution in [0.4, 0.5) is 0 Å². The molecule has 42 valence electrons. The predicted octanol–water partition coefficient (Wildman–Crippen LogP) is 1.55. The lowest BCUT2D eigenvalue weighted by Crippen LogP contribution is -1.97. The molecule has 0 aromatic rings. The third kappa shape index (κ3) is 0.507. The zero-order valence-electron chi connectivity index (χ0n) is 4.80. The van der Waals surface area contributed by atoms with Gasteiger partial charge in [-0.2, -0.15) is 0 Å². The summed E-state index contributed by atoms with van der Waals surface area (Å²) < 4.78 is 0. The number of nitrogens with zero attached hydrogens (tertiary/aromatic N) is 1. The van der Waals surface area contributed by atoms with Crippen molar-refractivity contribution < 1.29 is 0 Å². The monoisotopic (exact) mass is 107 g/mol. The lowest BCUT2D eigenvalue weighted by atomic mass is 10.2. The Hall–Kier alpha value is -0.590. The fourth-order valence-electron chi connectivity index (χ4n) is 1.34. The molecule has 0 aromatic heterocycles. The van der Waals surface area contributed by atoms with Gasteiger partial charge in [0.15, 0.2) is 0 Å². The van der Waals surface area contributed by atoms with Crippen LogP contribution in [0.15, 0.2) is 17.1 Å². The van der Waals surface area contributed by atoms with Crippen molar-refractivity contribution in [2.45, 2.75) is 25.3 Å². The molecule has 2 heterocycles. The summed E-state index contributed by atoms with van der Waals surface area (Å²) >= 11 is 0. The van der Waals surface area contributed by atoms with Gasteiger partial charge >= 0.3 is 0 Å². The normalized spacial score (nSPS) is 33.0. The zero-order valence-corrected chi connectivity index (χ0v) is 4.80. The Bertz CT molecular complexity index is 156. The molecule has 1 unspecified atom stereocenters. The van der Waals surface area contributed by atoms with Crippen molar-refractivity contribution in [3.8, 4) is 0 Å². The first-order chi connectivity index (χ1) is 3.95. The van der Waals surface area contributed by atoms with Gasteiger partial charge in [0.25, 0.3) is 0 Å². The number of allylic oxidation sites excluding steroid dienone is 1. The van der Waals surface area contributed by atoms with E-state index in [1.165, 1.54) is 25.0 Å². The lowest BCUT2D eigenvalue weighted by molar-refractivity contribution is 0.682. The smallest absolute Gasteiger partial charge is 0.0541 e. The Morgan fingerprint density at radius 2 is 2.62 bits per heavy atom. The summed E-state index contributed by atoms with van der Waals surface area (Å²) in [5.41, 5.74) is 1.32. The minimum atomic E-state index is 0.662. The third-order valence-electron chi connectivity index (χ3n) is 1.80. The van der Waals surface area contributed by atoms with E-state index in [-0.39, 0.29) is 0 Å². The number of dihydropyridines is 1. The Morgan fingerprint density at radius 3 is 3.38 bits per heavy atom. The second kappa shape index (κ2) is 1.44. The van der Waals surface area contributed by atoms with Crippen LogP contribution in [-0.2, 0) is 0 Å². The molecule has 2 bridgehead atoms. The molecule has 0 fully saturated rings. The molecule has 0 radical (unpaired) electrons. The highest BCUT2D eigenvalue weighted by molar-refractivity contribution is 5.96. The van der Waals surface area contributed by atoms with Crippen molar-refractivity contribution in [3.63, 3.8) is 0 Å². The zero-order chi connectivity index (χ0) is 5.40. The molecule has 2 aliphatic rings. The maximum atomic E-state index is 4.42. The molecule has 1 atom stereocenters. The quantitative estimate of drug-likeness (QED) is 0.445. The highest BCUT2D eigenvalue weighted by Gasteiger charge is 2.16. The summed E-state index contributed by atoms with van der Waals surface area (Å²) in [6.07, 6.45) is 8.09. The average Bonchev–Trinajstić information content (AvgIpc) is 2.12. The van der Waals surface area contributed by atoms with Crippen molar-refractivity contribution in [2.24, 2.45) is 4.99 Å². The Morgan fingerprint density at radius 1 is 1.62 bits per heavy atom. The van der Waals surface area contributed by atoms with Crippen LogP contribution in [0.25, 0.3) is 0 Å². The number of rotatable bonds is 0. The minimum Gasteiger partial charge on any atom is -0.286 e. The largest absolute Gasteiger partial charge is 0.286 e. The van der Waals surface area contributed by atoms with Crippen LogP contribution in [0.1, 0.15) is 19.3 Å². The topological polar surface area (TPSA) is 12.4 Å². The summed E-state index contributed by atoms with van der Waals surface area (Å²) in [6, 6.07) is 0.662. The number of fused-ring (bicyclic) bond motifs is 1. The molecular weight excluding hydrogens is 98.1 g/mol. The molecule has 2 aliphatic heterocycles. The van der Waals surface area contributed by atoms with E-state index in [0.29, 0.717) is 6.04 Å². The Balaban J connectivity index is 2.30. The Labute approximate surface area is 49.1 Å². The van der Waals surface area contributed by atoms with Crippen molar-refractivity contribution in [3.05, 3.63) is 12.2 Å². The van der Waals surface area contributed by atoms with Crippen LogP contribution < -0.4 is 0 Å². The van der Waals surface area contributed by atoms with Gasteiger partial charge < -0.3 is 0 Å². The second-order valence-corrected chi connectivity index (χ2v) is 2.45. The van der Waals surface area contributed by atoms with Gasteiger partial charge in [0.05, 0.1) is 6.04 Å². The highest BCUT2D eigenvalue weighted by Crippen LogP contribution is 2.21. The summed E-state index contributed by atoms with van der Waals surface area (Å²) in [4.78, 5) is 4.42. The van der Waals surface area contributed by atoms with E-state index < -0.39 is 0 Å². The number of hydrogen-bond donors (Lipinski definition) is 0. The van der Waals surface area contributed by atoms with Gasteiger partial charge in [-0.15, -0.1) is 0 Å². The van der Waals surface area contributed by atoms with Crippen molar-refractivity contribution in [1.82, 2.24) is 0 Å². The van der Waals surface area contributed by atoms with Crippen LogP contribution in [0, 0.1) is 0 Å². The number of aliphatic imine (C=N–C) groups is 1. The van der Waals surface area contributed by atoms with E-state index >= 15 is 0 Å². The van der Waals surface area contributed by atoms with Gasteiger partial charge in [-0.05, 0) is 25.3 Å². The Kier molecular flexibility index (Phi) is 0.775. The van der Waals surface area contributed by atoms with Crippen LogP contribution in [0.3, 0.4) is 0 Å². The fraction of sp³-hybridized carbons (Fsp3) is 0.571. The van der Waals surface area contributed by atoms with Crippen molar-refractivity contribution >= 4 is 5.71 Å². The molecule has 0 spiro atoms. The van der Waals surface area contributed by atoms with Crippen molar-refractivity contribution in [2.75, 3.05) is 0 Å². The van der Waals surface area contributed by atoms with E-state index in [0.717, 1.165) is 0 Å². The van der Waals surface area contributed by atoms with Crippen LogP contribution in [-0.4, -0.2) is 11.8 Å². The van der Waals surface area contributed by atoms with E-state index in [1.807, 2.05) is 0 Å². The first-order valence-corrected chi connectivity index (χ1v) is 3.18. The first kappa shape index (κ1) is 4.30. The molecule has 1 nitrogen and oxygen atoms in total. The van der Waals surface area contributed by atoms with E-state index in [9.17, 15) is 0 Å². The van der Waals surface area contributed by atoms with E-state index in [2.05, 4.69) is 17.1 Å². The second-order valence-electron chi connectivity index (χ2n) is 2.45. The maximum absolute atomic E-state index is 4.42. The number of hydrogen-bond acceptors (Lipinski definition) is 1. The highest BCUT2D eigenvalue weighted by atomic mass is 14.8. The fourth-order valence-corrected chi connectivity index (χ4v) is 1.34. The van der Waals surface area contributed by atoms with E-state index in [1.54, 1.807) is 0 Å². The van der Waals surface area contributed by atoms with Crippen molar-refractivity contribution in [1.29, 1.82) is 0 Å².